The summed E-state index contributed by atoms with van der Waals surface area (Å²) in [5.41, 5.74) is 1.04. The van der Waals surface area contributed by atoms with Crippen molar-refractivity contribution in [2.45, 2.75) is 24.3 Å². The average molecular weight is 317 g/mol. The Labute approximate surface area is 131 Å². The summed E-state index contributed by atoms with van der Waals surface area (Å²) < 4.78 is 27.6. The summed E-state index contributed by atoms with van der Waals surface area (Å²) in [6.07, 6.45) is 2.53. The minimum Gasteiger partial charge on any atom is -0.355 e. The van der Waals surface area contributed by atoms with Gasteiger partial charge in [-0.1, -0.05) is 23.8 Å². The third-order valence-electron chi connectivity index (χ3n) is 3.81. The molecule has 6 heteroatoms. The van der Waals surface area contributed by atoms with Crippen molar-refractivity contribution >= 4 is 15.8 Å². The quantitative estimate of drug-likeness (QED) is 0.936. The number of hydrogen-bond donors (Lipinski definition) is 1. The molecular formula is C16H19N3O2S. The zero-order chi connectivity index (χ0) is 15.6. The van der Waals surface area contributed by atoms with Gasteiger partial charge in [-0.15, -0.1) is 0 Å². The van der Waals surface area contributed by atoms with Crippen molar-refractivity contribution in [1.82, 2.24) is 9.71 Å². The van der Waals surface area contributed by atoms with Gasteiger partial charge in [-0.25, -0.2) is 18.1 Å². The molecular weight excluding hydrogens is 298 g/mol. The van der Waals surface area contributed by atoms with Crippen LogP contribution in [-0.2, 0) is 10.0 Å². The van der Waals surface area contributed by atoms with Crippen LogP contribution in [0.25, 0.3) is 0 Å². The van der Waals surface area contributed by atoms with E-state index in [1.54, 1.807) is 18.3 Å². The number of sulfonamides is 1. The van der Waals surface area contributed by atoms with Crippen LogP contribution in [0.2, 0.25) is 0 Å². The molecule has 2 aromatic rings. The Kier molecular flexibility index (Phi) is 4.13. The van der Waals surface area contributed by atoms with Crippen LogP contribution >= 0.6 is 0 Å². The number of nitrogens with one attached hydrogen (secondary N) is 1. The van der Waals surface area contributed by atoms with E-state index in [4.69, 9.17) is 0 Å². The van der Waals surface area contributed by atoms with E-state index >= 15 is 0 Å². The Morgan fingerprint density at radius 3 is 2.64 bits per heavy atom. The molecule has 116 valence electrons. The van der Waals surface area contributed by atoms with E-state index < -0.39 is 10.0 Å². The van der Waals surface area contributed by atoms with E-state index in [0.29, 0.717) is 11.4 Å². The highest BCUT2D eigenvalue weighted by Crippen LogP contribution is 2.19. The lowest BCUT2D eigenvalue weighted by molar-refractivity contribution is 0.561. The first-order valence-electron chi connectivity index (χ1n) is 7.29. The minimum atomic E-state index is -3.46. The largest absolute Gasteiger partial charge is 0.355 e. The lowest BCUT2D eigenvalue weighted by Crippen LogP contribution is -2.37. The topological polar surface area (TPSA) is 62.3 Å². The summed E-state index contributed by atoms with van der Waals surface area (Å²) in [5.74, 6) is 0.888. The lowest BCUT2D eigenvalue weighted by Gasteiger charge is -2.17. The van der Waals surface area contributed by atoms with Crippen LogP contribution in [0, 0.1) is 6.92 Å². The van der Waals surface area contributed by atoms with Crippen molar-refractivity contribution in [1.29, 1.82) is 0 Å². The summed E-state index contributed by atoms with van der Waals surface area (Å²) in [6.45, 7) is 3.38. The molecule has 3 rings (SSSR count). The van der Waals surface area contributed by atoms with Gasteiger partial charge in [0.2, 0.25) is 10.0 Å². The number of aromatic nitrogens is 1. The molecule has 1 unspecified atom stereocenters. The molecule has 0 amide bonds. The van der Waals surface area contributed by atoms with Crippen LogP contribution in [0.5, 0.6) is 0 Å². The van der Waals surface area contributed by atoms with Crippen LogP contribution < -0.4 is 9.62 Å². The van der Waals surface area contributed by atoms with Gasteiger partial charge in [-0.2, -0.15) is 0 Å². The number of pyridine rings is 1. The summed E-state index contributed by atoms with van der Waals surface area (Å²) in [5, 5.41) is 0. The second-order valence-electron chi connectivity index (χ2n) is 5.55. The fraction of sp³-hybridized carbons (Fsp3) is 0.312. The summed E-state index contributed by atoms with van der Waals surface area (Å²) in [4.78, 5) is 6.72. The van der Waals surface area contributed by atoms with Gasteiger partial charge >= 0.3 is 0 Å². The number of nitrogens with zero attached hydrogens (tertiary/aromatic N) is 2. The van der Waals surface area contributed by atoms with Crippen LogP contribution in [0.4, 0.5) is 5.82 Å². The first kappa shape index (κ1) is 15.0. The molecule has 0 bridgehead atoms. The second-order valence-corrected chi connectivity index (χ2v) is 7.27. The van der Waals surface area contributed by atoms with Gasteiger partial charge in [0, 0.05) is 25.3 Å². The van der Waals surface area contributed by atoms with Crippen molar-refractivity contribution in [3.8, 4) is 0 Å². The maximum atomic E-state index is 12.4. The maximum absolute atomic E-state index is 12.4. The molecule has 1 N–H and O–H groups in total. The summed E-state index contributed by atoms with van der Waals surface area (Å²) >= 11 is 0. The molecule has 5 nitrogen and oxygen atoms in total. The molecule has 2 heterocycles. The molecule has 1 atom stereocenters. The number of anilines is 1. The highest BCUT2D eigenvalue weighted by molar-refractivity contribution is 7.89. The monoisotopic (exact) mass is 317 g/mol. The standard InChI is InChI=1S/C16H19N3O2S/c1-13-5-7-15(8-6-13)22(20,21)18-14-9-11-19(12-14)16-4-2-3-10-17-16/h2-8,10,14,18H,9,11-12H2,1H3. The van der Waals surface area contributed by atoms with Crippen molar-refractivity contribution in [3.63, 3.8) is 0 Å². The number of hydrogen-bond acceptors (Lipinski definition) is 4. The van der Waals surface area contributed by atoms with Gasteiger partial charge < -0.3 is 4.90 Å². The third kappa shape index (κ3) is 3.28. The van der Waals surface area contributed by atoms with Crippen LogP contribution in [0.1, 0.15) is 12.0 Å². The zero-order valence-electron chi connectivity index (χ0n) is 12.4. The Hall–Kier alpha value is -1.92. The van der Waals surface area contributed by atoms with E-state index in [9.17, 15) is 8.42 Å². The SMILES string of the molecule is Cc1ccc(S(=O)(=O)NC2CCN(c3ccccn3)C2)cc1. The van der Waals surface area contributed by atoms with Crippen LogP contribution in [-0.4, -0.2) is 32.5 Å². The molecule has 0 aliphatic carbocycles. The van der Waals surface area contributed by atoms with Crippen molar-refractivity contribution in [2.24, 2.45) is 0 Å². The van der Waals surface area contributed by atoms with E-state index in [1.165, 1.54) is 0 Å². The Balaban J connectivity index is 1.68. The fourth-order valence-electron chi connectivity index (χ4n) is 2.61. The molecule has 1 saturated heterocycles. The highest BCUT2D eigenvalue weighted by atomic mass is 32.2. The Morgan fingerprint density at radius 2 is 1.95 bits per heavy atom. The number of benzene rings is 1. The van der Waals surface area contributed by atoms with Crippen molar-refractivity contribution in [2.75, 3.05) is 18.0 Å². The van der Waals surface area contributed by atoms with Gasteiger partial charge in [0.25, 0.3) is 0 Å². The number of rotatable bonds is 4. The van der Waals surface area contributed by atoms with Gasteiger partial charge in [-0.05, 0) is 37.6 Å². The molecule has 1 fully saturated rings. The molecule has 1 aliphatic heterocycles. The molecule has 22 heavy (non-hydrogen) atoms. The molecule has 0 radical (unpaired) electrons. The van der Waals surface area contributed by atoms with Gasteiger partial charge in [0.15, 0.2) is 0 Å². The normalized spacial score (nSPS) is 18.6. The first-order chi connectivity index (χ1) is 10.5. The zero-order valence-corrected chi connectivity index (χ0v) is 13.3. The van der Waals surface area contributed by atoms with E-state index in [-0.39, 0.29) is 6.04 Å². The molecule has 1 aromatic heterocycles. The van der Waals surface area contributed by atoms with Gasteiger partial charge in [0.1, 0.15) is 5.82 Å². The molecule has 1 aliphatic rings. The van der Waals surface area contributed by atoms with Crippen molar-refractivity contribution < 1.29 is 8.42 Å². The predicted molar refractivity (Wildman–Crippen MR) is 86.4 cm³/mol. The fourth-order valence-corrected chi connectivity index (χ4v) is 3.87. The Morgan fingerprint density at radius 1 is 1.18 bits per heavy atom. The van der Waals surface area contributed by atoms with Crippen molar-refractivity contribution in [3.05, 3.63) is 54.2 Å². The average Bonchev–Trinajstić information content (AvgIpc) is 2.96. The van der Waals surface area contributed by atoms with Gasteiger partial charge in [-0.3, -0.25) is 0 Å². The van der Waals surface area contributed by atoms with Gasteiger partial charge in [0.05, 0.1) is 4.90 Å². The predicted octanol–water partition coefficient (Wildman–Crippen LogP) is 1.95. The maximum Gasteiger partial charge on any atom is 0.240 e. The first-order valence-corrected chi connectivity index (χ1v) is 8.78. The molecule has 0 saturated carbocycles. The molecule has 1 aromatic carbocycles. The van der Waals surface area contributed by atoms with E-state index in [0.717, 1.165) is 24.3 Å². The Bertz CT molecular complexity index is 730. The third-order valence-corrected chi connectivity index (χ3v) is 5.35. The summed E-state index contributed by atoms with van der Waals surface area (Å²) in [7, 11) is -3.46. The minimum absolute atomic E-state index is 0.0895. The van der Waals surface area contributed by atoms with Crippen LogP contribution in [0.3, 0.4) is 0 Å². The second kappa shape index (κ2) is 6.06. The van der Waals surface area contributed by atoms with E-state index in [1.807, 2.05) is 37.3 Å². The highest BCUT2D eigenvalue weighted by Gasteiger charge is 2.27. The molecule has 0 spiro atoms. The van der Waals surface area contributed by atoms with Crippen LogP contribution in [0.15, 0.2) is 53.6 Å². The lowest BCUT2D eigenvalue weighted by atomic mass is 10.2. The summed E-state index contributed by atoms with van der Waals surface area (Å²) in [6, 6.07) is 12.6. The number of aryl methyl sites for hydroxylation is 1. The van der Waals surface area contributed by atoms with E-state index in [2.05, 4.69) is 14.6 Å². The smallest absolute Gasteiger partial charge is 0.240 e.